The zero-order chi connectivity index (χ0) is 62.7. The molecule has 0 bridgehead atoms. The number of hydrogen-bond donors (Lipinski definition) is 16. The van der Waals surface area contributed by atoms with E-state index in [1.54, 1.807) is 0 Å². The number of esters is 1. The van der Waals surface area contributed by atoms with Crippen molar-refractivity contribution in [1.29, 1.82) is 0 Å². The van der Waals surface area contributed by atoms with Crippen LogP contribution in [0.15, 0.2) is 11.6 Å². The lowest BCUT2D eigenvalue weighted by Crippen LogP contribution is -2.67. The van der Waals surface area contributed by atoms with Crippen molar-refractivity contribution in [3.05, 3.63) is 11.6 Å². The highest BCUT2D eigenvalue weighted by Crippen LogP contribution is 2.76. The lowest BCUT2D eigenvalue weighted by molar-refractivity contribution is -0.383. The Bertz CT molecular complexity index is 2380. The summed E-state index contributed by atoms with van der Waals surface area (Å²) in [5.74, 6) is -0.929. The number of aliphatic hydroxyl groups is 16. The molecule has 0 spiro atoms. The fraction of sp³-hybridized carbons (Fsp3) is 0.949. The summed E-state index contributed by atoms with van der Waals surface area (Å²) in [6.45, 7) is 11.8. The highest BCUT2D eigenvalue weighted by Gasteiger charge is 2.71. The Balaban J connectivity index is 0.850. The molecule has 5 aliphatic carbocycles. The SMILES string of the molecule is C[C@H]1O[C@@H](O[C@@H]2[C@H](O[C@H]3CC[C@@]4(C)[C@@H](CC[C@]5(C)[C@H]4CC=C4[C@H]6CC(C)(C)CC[C@]6(C(=O)O[C@@H]6O[C@@H](CO)[C@@H](O[C@@H]7O[C@H](CO)[C@@H](O)[C@H](O)[C@H]7O)[C@H](O)[C@H]6O)CC[C@]45C)[C@]3(C)CO)OC[C@@H](O)[C@H]2O)[C@@H](O)[C@@H](O[C@@H]2O[C@H](CO)[C@@H](O)[C@H](O)[C@H]2O)[C@@H]1O. The molecule has 5 aliphatic heterocycles. The topological polar surface area (TPSA) is 433 Å². The summed E-state index contributed by atoms with van der Waals surface area (Å²) in [5.41, 5.74) is -2.07. The van der Waals surface area contributed by atoms with E-state index in [2.05, 4.69) is 40.7 Å². The van der Waals surface area contributed by atoms with Crippen molar-refractivity contribution in [2.75, 3.05) is 33.0 Å². The van der Waals surface area contributed by atoms with Crippen molar-refractivity contribution >= 4 is 5.97 Å². The first-order chi connectivity index (χ1) is 40.4. The van der Waals surface area contributed by atoms with Gasteiger partial charge >= 0.3 is 5.97 Å². The summed E-state index contributed by atoms with van der Waals surface area (Å²) in [6, 6.07) is 0. The molecule has 27 heteroatoms. The fourth-order valence-corrected chi connectivity index (χ4v) is 17.7. The van der Waals surface area contributed by atoms with Gasteiger partial charge in [-0.3, -0.25) is 4.79 Å². The molecule has 10 aliphatic rings. The van der Waals surface area contributed by atoms with Gasteiger partial charge < -0.3 is 129 Å². The third-order valence-electron chi connectivity index (χ3n) is 23.3. The van der Waals surface area contributed by atoms with E-state index in [4.69, 9.17) is 47.4 Å². The average Bonchev–Trinajstić information content (AvgIpc) is 0.694. The lowest BCUT2D eigenvalue weighted by atomic mass is 9.33. The normalized spacial score (nSPS) is 54.8. The molecule has 494 valence electrons. The summed E-state index contributed by atoms with van der Waals surface area (Å²) < 4.78 is 59.7. The highest BCUT2D eigenvalue weighted by molar-refractivity contribution is 5.79. The van der Waals surface area contributed by atoms with E-state index >= 15 is 4.79 Å². The molecule has 16 N–H and O–H groups in total. The molecule has 0 aromatic heterocycles. The minimum absolute atomic E-state index is 0.0885. The minimum Gasteiger partial charge on any atom is -0.432 e. The van der Waals surface area contributed by atoms with Crippen LogP contribution in [-0.4, -0.2) is 274 Å². The molecule has 0 aromatic rings. The average molecular weight is 1240 g/mol. The van der Waals surface area contributed by atoms with Gasteiger partial charge in [0.15, 0.2) is 25.2 Å². The predicted molar refractivity (Wildman–Crippen MR) is 289 cm³/mol. The number of rotatable bonds is 14. The molecule has 0 unspecified atom stereocenters. The Morgan fingerprint density at radius 2 is 1.09 bits per heavy atom. The second kappa shape index (κ2) is 24.9. The van der Waals surface area contributed by atoms with E-state index in [-0.39, 0.29) is 47.2 Å². The van der Waals surface area contributed by atoms with Crippen molar-refractivity contribution in [1.82, 2.24) is 0 Å². The van der Waals surface area contributed by atoms with Crippen molar-refractivity contribution in [2.24, 2.45) is 50.2 Å². The zero-order valence-electron chi connectivity index (χ0n) is 50.0. The van der Waals surface area contributed by atoms with Gasteiger partial charge in [0.05, 0.1) is 50.7 Å². The van der Waals surface area contributed by atoms with Crippen LogP contribution in [0.4, 0.5) is 0 Å². The molecule has 0 radical (unpaired) electrons. The molecular formula is C59H96O27. The summed E-state index contributed by atoms with van der Waals surface area (Å²) in [7, 11) is 0. The van der Waals surface area contributed by atoms with Gasteiger partial charge in [-0.25, -0.2) is 0 Å². The largest absolute Gasteiger partial charge is 0.432 e. The van der Waals surface area contributed by atoms with Crippen LogP contribution in [0.25, 0.3) is 0 Å². The van der Waals surface area contributed by atoms with Crippen LogP contribution >= 0.6 is 0 Å². The first kappa shape index (κ1) is 67.1. The summed E-state index contributed by atoms with van der Waals surface area (Å²) >= 11 is 0. The van der Waals surface area contributed by atoms with Gasteiger partial charge in [-0.05, 0) is 111 Å². The maximum atomic E-state index is 15.1. The van der Waals surface area contributed by atoms with Crippen LogP contribution in [0, 0.1) is 50.2 Å². The second-order valence-electron chi connectivity index (χ2n) is 28.5. The number of carbonyl (C=O) groups excluding carboxylic acids is 1. The van der Waals surface area contributed by atoms with Crippen LogP contribution in [0.5, 0.6) is 0 Å². The molecule has 0 amide bonds. The monoisotopic (exact) mass is 1240 g/mol. The van der Waals surface area contributed by atoms with Crippen molar-refractivity contribution in [3.8, 4) is 0 Å². The number of ether oxygens (including phenoxy) is 10. The maximum Gasteiger partial charge on any atom is 0.315 e. The van der Waals surface area contributed by atoms with E-state index in [0.29, 0.717) is 57.8 Å². The van der Waals surface area contributed by atoms with Crippen LogP contribution < -0.4 is 0 Å². The van der Waals surface area contributed by atoms with Gasteiger partial charge in [-0.1, -0.05) is 53.2 Å². The third kappa shape index (κ3) is 11.1. The lowest BCUT2D eigenvalue weighted by Gasteiger charge is -2.71. The third-order valence-corrected chi connectivity index (χ3v) is 23.3. The van der Waals surface area contributed by atoms with E-state index in [1.165, 1.54) is 12.5 Å². The highest BCUT2D eigenvalue weighted by atomic mass is 16.8. The first-order valence-electron chi connectivity index (χ1n) is 30.8. The van der Waals surface area contributed by atoms with E-state index in [9.17, 15) is 81.7 Å². The molecule has 0 aromatic carbocycles. The van der Waals surface area contributed by atoms with Crippen molar-refractivity contribution in [2.45, 2.75) is 266 Å². The summed E-state index contributed by atoms with van der Waals surface area (Å²) in [4.78, 5) is 15.1. The Morgan fingerprint density at radius 1 is 0.535 bits per heavy atom. The van der Waals surface area contributed by atoms with E-state index in [1.807, 2.05) is 6.92 Å². The molecule has 86 heavy (non-hydrogen) atoms. The maximum absolute atomic E-state index is 15.1. The minimum atomic E-state index is -1.91. The Morgan fingerprint density at radius 3 is 1.70 bits per heavy atom. The van der Waals surface area contributed by atoms with Crippen LogP contribution in [0.2, 0.25) is 0 Å². The van der Waals surface area contributed by atoms with Gasteiger partial charge in [0.2, 0.25) is 6.29 Å². The zero-order valence-corrected chi connectivity index (χ0v) is 50.0. The van der Waals surface area contributed by atoms with Gasteiger partial charge in [0.1, 0.15) is 110 Å². The quantitative estimate of drug-likeness (QED) is 0.0454. The first-order valence-corrected chi connectivity index (χ1v) is 30.8. The number of hydrogen-bond acceptors (Lipinski definition) is 27. The fourth-order valence-electron chi connectivity index (χ4n) is 17.7. The van der Waals surface area contributed by atoms with E-state index in [0.717, 1.165) is 6.42 Å². The van der Waals surface area contributed by atoms with Crippen molar-refractivity contribution < 1.29 is 134 Å². The van der Waals surface area contributed by atoms with Crippen LogP contribution in [0.3, 0.4) is 0 Å². The summed E-state index contributed by atoms with van der Waals surface area (Å²) in [5, 5.41) is 173. The van der Waals surface area contributed by atoms with Gasteiger partial charge in [0.25, 0.3) is 0 Å². The number of fused-ring (bicyclic) bond motifs is 7. The van der Waals surface area contributed by atoms with Gasteiger partial charge in [-0.15, -0.1) is 0 Å². The smallest absolute Gasteiger partial charge is 0.315 e. The molecular weight excluding hydrogens is 1140 g/mol. The molecule has 5 heterocycles. The Kier molecular flexibility index (Phi) is 19.4. The molecule has 5 saturated heterocycles. The Hall–Kier alpha value is -1.79. The number of allylic oxidation sites excluding steroid dienone is 2. The number of carbonyl (C=O) groups is 1. The number of aliphatic hydroxyl groups excluding tert-OH is 16. The summed E-state index contributed by atoms with van der Waals surface area (Å²) in [6.07, 6.45) is -31.7. The molecule has 33 atom stereocenters. The van der Waals surface area contributed by atoms with Gasteiger partial charge in [0, 0.05) is 5.41 Å². The predicted octanol–water partition coefficient (Wildman–Crippen LogP) is -3.57. The second-order valence-corrected chi connectivity index (χ2v) is 28.5. The Labute approximate surface area is 499 Å². The standard InChI is InChI=1S/C59H96O27/c1-24-34(65)46(84-49-42(73)39(70)37(68)29(20-61)80-49)44(75)51(78-24)85-47-35(66)27(64)22-77-52(47)82-33-11-12-55(4)31(56(33,5)23-63)10-13-58(7)32(55)9-8-25-26-18-54(2,3)14-16-59(26,17-15-57(25,58)6)53(76)86-50-43(74)40(71)45(30(21-62)81-50)83-48-41(72)38(69)36(67)28(19-60)79-48/h8,24,26-52,60-75H,9-23H2,1-7H3/t24-,26-,27-,28-,29-,30+,31-,32+,33+,34-,35-,36-,37-,38+,39+,40-,41-,42-,43-,44+,45-,46+,47+,48+,49+,50+,51+,52+,55+,56+,57-,58-,59+/m1/s1. The van der Waals surface area contributed by atoms with E-state index < -0.39 is 196 Å². The van der Waals surface area contributed by atoms with Crippen LogP contribution in [-0.2, 0) is 52.2 Å². The van der Waals surface area contributed by atoms with Crippen LogP contribution in [0.1, 0.15) is 113 Å². The molecule has 27 nitrogen and oxygen atoms in total. The molecule has 4 saturated carbocycles. The molecule has 9 fully saturated rings. The van der Waals surface area contributed by atoms with Crippen molar-refractivity contribution in [3.63, 3.8) is 0 Å². The van der Waals surface area contributed by atoms with Gasteiger partial charge in [-0.2, -0.15) is 0 Å². The molecule has 10 rings (SSSR count).